The van der Waals surface area contributed by atoms with Crippen molar-refractivity contribution in [2.24, 2.45) is 0 Å². The van der Waals surface area contributed by atoms with Crippen LogP contribution >= 0.6 is 0 Å². The Hall–Kier alpha value is -3.61. The summed E-state index contributed by atoms with van der Waals surface area (Å²) in [4.78, 5) is 29.8. The Labute approximate surface area is 175 Å². The first-order valence-corrected chi connectivity index (χ1v) is 9.63. The van der Waals surface area contributed by atoms with Gasteiger partial charge in [0, 0.05) is 17.4 Å². The monoisotopic (exact) mass is 406 g/mol. The number of carbonyl (C=O) groups is 1. The normalized spacial score (nSPS) is 10.6. The summed E-state index contributed by atoms with van der Waals surface area (Å²) in [6.45, 7) is 7.48. The molecule has 2 aromatic carbocycles. The molecule has 0 saturated heterocycles. The van der Waals surface area contributed by atoms with Crippen LogP contribution in [0.25, 0.3) is 0 Å². The highest BCUT2D eigenvalue weighted by Crippen LogP contribution is 2.25. The molecule has 2 N–H and O–H groups in total. The SMILES string of the molecule is COc1ccc(C)cc1NC(=O)Cn1c(Nc2cc(C)cc(C)c2)nc(C)cc1=O. The molecule has 30 heavy (non-hydrogen) atoms. The number of methoxy groups -OCH3 is 1. The summed E-state index contributed by atoms with van der Waals surface area (Å²) in [6, 6.07) is 12.9. The van der Waals surface area contributed by atoms with Crippen molar-refractivity contribution >= 4 is 23.2 Å². The zero-order valence-electron chi connectivity index (χ0n) is 17.9. The van der Waals surface area contributed by atoms with E-state index in [-0.39, 0.29) is 18.0 Å². The third kappa shape index (κ3) is 5.05. The van der Waals surface area contributed by atoms with Gasteiger partial charge in [-0.15, -0.1) is 0 Å². The van der Waals surface area contributed by atoms with Crippen molar-refractivity contribution in [1.82, 2.24) is 9.55 Å². The molecule has 0 radical (unpaired) electrons. The quantitative estimate of drug-likeness (QED) is 0.649. The summed E-state index contributed by atoms with van der Waals surface area (Å²) >= 11 is 0. The van der Waals surface area contributed by atoms with Crippen LogP contribution in [0.2, 0.25) is 0 Å². The van der Waals surface area contributed by atoms with Crippen molar-refractivity contribution < 1.29 is 9.53 Å². The van der Waals surface area contributed by atoms with Crippen LogP contribution in [0, 0.1) is 27.7 Å². The van der Waals surface area contributed by atoms with Crippen LogP contribution in [0.4, 0.5) is 17.3 Å². The second-order valence-electron chi connectivity index (χ2n) is 7.40. The first-order chi connectivity index (χ1) is 14.2. The van der Waals surface area contributed by atoms with Gasteiger partial charge in [-0.3, -0.25) is 14.2 Å². The van der Waals surface area contributed by atoms with Crippen LogP contribution in [-0.2, 0) is 11.3 Å². The van der Waals surface area contributed by atoms with Gasteiger partial charge in [-0.05, 0) is 68.7 Å². The lowest BCUT2D eigenvalue weighted by molar-refractivity contribution is -0.116. The smallest absolute Gasteiger partial charge is 0.255 e. The van der Waals surface area contributed by atoms with E-state index in [4.69, 9.17) is 4.74 Å². The first kappa shape index (κ1) is 21.1. The molecule has 0 aliphatic carbocycles. The van der Waals surface area contributed by atoms with E-state index >= 15 is 0 Å². The zero-order valence-corrected chi connectivity index (χ0v) is 17.9. The van der Waals surface area contributed by atoms with Gasteiger partial charge in [-0.1, -0.05) is 12.1 Å². The van der Waals surface area contributed by atoms with Crippen molar-refractivity contribution in [3.05, 3.63) is 75.2 Å². The van der Waals surface area contributed by atoms with Crippen molar-refractivity contribution in [2.75, 3.05) is 17.7 Å². The van der Waals surface area contributed by atoms with Crippen LogP contribution < -0.4 is 20.9 Å². The van der Waals surface area contributed by atoms with Crippen molar-refractivity contribution in [3.63, 3.8) is 0 Å². The van der Waals surface area contributed by atoms with Crippen LogP contribution in [0.1, 0.15) is 22.4 Å². The second-order valence-corrected chi connectivity index (χ2v) is 7.40. The summed E-state index contributed by atoms with van der Waals surface area (Å²) in [5.74, 6) is 0.517. The molecule has 3 rings (SSSR count). The Morgan fingerprint density at radius 2 is 1.70 bits per heavy atom. The molecule has 1 aromatic heterocycles. The lowest BCUT2D eigenvalue weighted by Gasteiger charge is -2.16. The topological polar surface area (TPSA) is 85.2 Å². The summed E-state index contributed by atoms with van der Waals surface area (Å²) in [5.41, 5.74) is 4.78. The fraction of sp³-hybridized carbons (Fsp3) is 0.261. The van der Waals surface area contributed by atoms with E-state index in [2.05, 4.69) is 21.7 Å². The van der Waals surface area contributed by atoms with E-state index in [1.165, 1.54) is 10.6 Å². The maximum atomic E-state index is 12.7. The zero-order chi connectivity index (χ0) is 21.8. The van der Waals surface area contributed by atoms with E-state index in [0.717, 1.165) is 22.4 Å². The summed E-state index contributed by atoms with van der Waals surface area (Å²) in [5, 5.41) is 6.01. The van der Waals surface area contributed by atoms with E-state index < -0.39 is 0 Å². The van der Waals surface area contributed by atoms with Gasteiger partial charge in [0.1, 0.15) is 12.3 Å². The summed E-state index contributed by atoms with van der Waals surface area (Å²) in [6.07, 6.45) is 0. The number of nitrogens with zero attached hydrogens (tertiary/aromatic N) is 2. The lowest BCUT2D eigenvalue weighted by Crippen LogP contribution is -2.30. The average Bonchev–Trinajstić information content (AvgIpc) is 2.64. The highest BCUT2D eigenvalue weighted by atomic mass is 16.5. The van der Waals surface area contributed by atoms with Gasteiger partial charge < -0.3 is 15.4 Å². The summed E-state index contributed by atoms with van der Waals surface area (Å²) in [7, 11) is 1.54. The molecule has 0 aliphatic heterocycles. The van der Waals surface area contributed by atoms with Gasteiger partial charge in [-0.2, -0.15) is 0 Å². The van der Waals surface area contributed by atoms with E-state index in [1.807, 2.05) is 45.0 Å². The first-order valence-electron chi connectivity index (χ1n) is 9.63. The predicted octanol–water partition coefficient (Wildman–Crippen LogP) is 3.87. The maximum Gasteiger partial charge on any atom is 0.255 e. The van der Waals surface area contributed by atoms with Crippen molar-refractivity contribution in [2.45, 2.75) is 34.2 Å². The number of carbonyl (C=O) groups excluding carboxylic acids is 1. The number of anilines is 3. The standard InChI is InChI=1S/C23H26N4O3/c1-14-6-7-20(30-5)19(11-14)26-21(28)13-27-22(29)12-17(4)24-23(27)25-18-9-15(2)8-16(3)10-18/h6-12H,13H2,1-5H3,(H,24,25)(H,26,28). The minimum absolute atomic E-state index is 0.184. The fourth-order valence-electron chi connectivity index (χ4n) is 3.30. The highest BCUT2D eigenvalue weighted by Gasteiger charge is 2.14. The highest BCUT2D eigenvalue weighted by molar-refractivity contribution is 5.92. The number of benzene rings is 2. The molecule has 7 heteroatoms. The van der Waals surface area contributed by atoms with Gasteiger partial charge >= 0.3 is 0 Å². The molecule has 1 amide bonds. The average molecular weight is 406 g/mol. The molecule has 0 unspecified atom stereocenters. The number of nitrogens with one attached hydrogen (secondary N) is 2. The molecule has 0 fully saturated rings. The predicted molar refractivity (Wildman–Crippen MR) is 119 cm³/mol. The second kappa shape index (κ2) is 8.82. The minimum atomic E-state index is -0.352. The lowest BCUT2D eigenvalue weighted by atomic mass is 10.1. The Balaban J connectivity index is 1.89. The number of hydrogen-bond donors (Lipinski definition) is 2. The van der Waals surface area contributed by atoms with Crippen LogP contribution in [0.15, 0.2) is 47.3 Å². The van der Waals surface area contributed by atoms with Crippen LogP contribution in [0.5, 0.6) is 5.75 Å². The van der Waals surface area contributed by atoms with Crippen molar-refractivity contribution in [1.29, 1.82) is 0 Å². The number of ether oxygens (including phenoxy) is 1. The van der Waals surface area contributed by atoms with Crippen LogP contribution in [0.3, 0.4) is 0 Å². The Morgan fingerprint density at radius 3 is 2.37 bits per heavy atom. The third-order valence-corrected chi connectivity index (χ3v) is 4.54. The van der Waals surface area contributed by atoms with Gasteiger partial charge in [0.05, 0.1) is 12.8 Å². The third-order valence-electron chi connectivity index (χ3n) is 4.54. The van der Waals surface area contributed by atoms with Gasteiger partial charge in [0.2, 0.25) is 11.9 Å². The maximum absolute atomic E-state index is 12.7. The minimum Gasteiger partial charge on any atom is -0.495 e. The Morgan fingerprint density at radius 1 is 1.00 bits per heavy atom. The summed E-state index contributed by atoms with van der Waals surface area (Å²) < 4.78 is 6.63. The van der Waals surface area contributed by atoms with Gasteiger partial charge in [-0.25, -0.2) is 4.98 Å². The molecule has 156 valence electrons. The molecule has 0 aliphatic rings. The number of hydrogen-bond acceptors (Lipinski definition) is 5. The molecule has 3 aromatic rings. The molecule has 0 spiro atoms. The number of aromatic nitrogens is 2. The van der Waals surface area contributed by atoms with Gasteiger partial charge in [0.15, 0.2) is 0 Å². The number of rotatable bonds is 6. The van der Waals surface area contributed by atoms with Gasteiger partial charge in [0.25, 0.3) is 5.56 Å². The molecular weight excluding hydrogens is 380 g/mol. The van der Waals surface area contributed by atoms with Crippen molar-refractivity contribution in [3.8, 4) is 5.75 Å². The molecule has 0 atom stereocenters. The van der Waals surface area contributed by atoms with E-state index in [9.17, 15) is 9.59 Å². The Bertz CT molecular complexity index is 1130. The molecule has 1 heterocycles. The fourth-order valence-corrected chi connectivity index (χ4v) is 3.30. The van der Waals surface area contributed by atoms with E-state index in [0.29, 0.717) is 23.1 Å². The Kier molecular flexibility index (Phi) is 6.20. The molecule has 7 nitrogen and oxygen atoms in total. The van der Waals surface area contributed by atoms with E-state index in [1.54, 1.807) is 20.1 Å². The molecule has 0 saturated carbocycles. The molecule has 0 bridgehead atoms. The number of amides is 1. The molecular formula is C23H26N4O3. The largest absolute Gasteiger partial charge is 0.495 e. The van der Waals surface area contributed by atoms with Crippen LogP contribution in [-0.4, -0.2) is 22.6 Å². The number of aryl methyl sites for hydroxylation is 4.